The number of hydrogen-bond acceptors (Lipinski definition) is 6. The van der Waals surface area contributed by atoms with Gasteiger partial charge in [-0.05, 0) is 39.3 Å². The second kappa shape index (κ2) is 7.80. The molecule has 0 spiro atoms. The molecule has 1 N–H and O–H groups in total. The molecule has 1 amide bonds. The largest absolute Gasteiger partial charge is 0.492 e. The first kappa shape index (κ1) is 21.1. The molecule has 0 aliphatic heterocycles. The number of alkyl halides is 1. The summed E-state index contributed by atoms with van der Waals surface area (Å²) in [6.45, 7) is 6.88. The number of carbonyl (C=O) groups is 1. The topological polar surface area (TPSA) is 81.7 Å². The Morgan fingerprint density at radius 1 is 1.31 bits per heavy atom. The van der Waals surface area contributed by atoms with E-state index in [4.69, 9.17) is 32.7 Å². The zero-order valence-corrected chi connectivity index (χ0v) is 17.8. The third-order valence-corrected chi connectivity index (χ3v) is 6.97. The Hall–Kier alpha value is -1.22. The molecule has 10 heteroatoms. The summed E-state index contributed by atoms with van der Waals surface area (Å²) >= 11 is 12.8. The number of benzene rings is 1. The highest BCUT2D eigenvalue weighted by Gasteiger charge is 2.27. The summed E-state index contributed by atoms with van der Waals surface area (Å²) in [6, 6.07) is 3.30. The zero-order chi connectivity index (χ0) is 19.7. The van der Waals surface area contributed by atoms with Gasteiger partial charge in [-0.1, -0.05) is 11.6 Å². The van der Waals surface area contributed by atoms with Crippen LogP contribution in [0.1, 0.15) is 26.3 Å². The first-order chi connectivity index (χ1) is 11.9. The van der Waals surface area contributed by atoms with Crippen LogP contribution in [-0.2, 0) is 14.8 Å². The number of rotatable bonds is 5. The number of carbonyl (C=O) groups excluding carboxylic acids is 1. The van der Waals surface area contributed by atoms with E-state index in [1.807, 2.05) is 4.72 Å². The molecule has 0 unspecified atom stereocenters. The predicted molar refractivity (Wildman–Crippen MR) is 104 cm³/mol. The van der Waals surface area contributed by atoms with Gasteiger partial charge in [0.15, 0.2) is 0 Å². The highest BCUT2D eigenvalue weighted by molar-refractivity contribution is 7.92. The van der Waals surface area contributed by atoms with Crippen LogP contribution in [0.25, 0.3) is 10.1 Å². The Balaban J connectivity index is 2.41. The van der Waals surface area contributed by atoms with Crippen molar-refractivity contribution in [1.82, 2.24) is 4.72 Å². The number of aryl methyl sites for hydroxylation is 1. The molecule has 0 aliphatic rings. The zero-order valence-electron chi connectivity index (χ0n) is 14.7. The van der Waals surface area contributed by atoms with Crippen LogP contribution in [-0.4, -0.2) is 32.6 Å². The molecule has 0 bridgehead atoms. The number of thiophene rings is 1. The van der Waals surface area contributed by atoms with Crippen molar-refractivity contribution in [3.05, 3.63) is 22.7 Å². The van der Waals surface area contributed by atoms with E-state index in [2.05, 4.69) is 0 Å². The van der Waals surface area contributed by atoms with Crippen LogP contribution >= 0.6 is 34.5 Å². The minimum absolute atomic E-state index is 0.00486. The summed E-state index contributed by atoms with van der Waals surface area (Å²) < 4.78 is 38.2. The number of fused-ring (bicyclic) bond motifs is 1. The van der Waals surface area contributed by atoms with E-state index >= 15 is 0 Å². The molecular formula is C16H19Cl2NO5S2. The minimum atomic E-state index is -4.10. The molecule has 0 saturated heterocycles. The Labute approximate surface area is 166 Å². The fourth-order valence-electron chi connectivity index (χ4n) is 2.18. The van der Waals surface area contributed by atoms with E-state index in [1.54, 1.807) is 39.8 Å². The standard InChI is InChI=1S/C16H19Cl2NO5S2/c1-9-11-7-10(23-6-5-17)8-12(18)13(11)25-14(9)26(21,22)19-15(20)24-16(2,3)4/h7-8H,5-6H2,1-4H3,(H,19,20). The van der Waals surface area contributed by atoms with Gasteiger partial charge in [-0.2, -0.15) is 0 Å². The van der Waals surface area contributed by atoms with Crippen LogP contribution in [0.4, 0.5) is 4.79 Å². The van der Waals surface area contributed by atoms with Gasteiger partial charge in [0.2, 0.25) is 0 Å². The second-order valence-corrected chi connectivity index (χ2v) is 10.1. The fourth-order valence-corrected chi connectivity index (χ4v) is 5.19. The van der Waals surface area contributed by atoms with Gasteiger partial charge in [0.05, 0.1) is 15.6 Å². The number of ether oxygens (including phenoxy) is 2. The van der Waals surface area contributed by atoms with Crippen LogP contribution in [0.15, 0.2) is 16.3 Å². The van der Waals surface area contributed by atoms with Crippen molar-refractivity contribution in [2.45, 2.75) is 37.5 Å². The van der Waals surface area contributed by atoms with Gasteiger partial charge in [0, 0.05) is 11.5 Å². The molecule has 0 atom stereocenters. The van der Waals surface area contributed by atoms with Gasteiger partial charge in [-0.3, -0.25) is 0 Å². The lowest BCUT2D eigenvalue weighted by Gasteiger charge is -2.19. The summed E-state index contributed by atoms with van der Waals surface area (Å²) in [5, 5.41) is 0.996. The highest BCUT2D eigenvalue weighted by Crippen LogP contribution is 2.40. The molecule has 0 saturated carbocycles. The Morgan fingerprint density at radius 3 is 2.54 bits per heavy atom. The molecule has 26 heavy (non-hydrogen) atoms. The maximum absolute atomic E-state index is 12.6. The summed E-state index contributed by atoms with van der Waals surface area (Å²) in [7, 11) is -4.10. The van der Waals surface area contributed by atoms with Crippen molar-refractivity contribution < 1.29 is 22.7 Å². The number of halogens is 2. The van der Waals surface area contributed by atoms with Crippen LogP contribution in [0.3, 0.4) is 0 Å². The average Bonchev–Trinajstić information content (AvgIpc) is 2.81. The van der Waals surface area contributed by atoms with Crippen molar-refractivity contribution in [3.8, 4) is 5.75 Å². The molecule has 6 nitrogen and oxygen atoms in total. The van der Waals surface area contributed by atoms with E-state index in [1.165, 1.54) is 0 Å². The van der Waals surface area contributed by atoms with Crippen molar-refractivity contribution in [2.24, 2.45) is 0 Å². The summed E-state index contributed by atoms with van der Waals surface area (Å²) in [5.41, 5.74) is -0.341. The van der Waals surface area contributed by atoms with Crippen molar-refractivity contribution in [1.29, 1.82) is 0 Å². The average molecular weight is 440 g/mol. The maximum Gasteiger partial charge on any atom is 0.421 e. The normalized spacial score (nSPS) is 12.2. The lowest BCUT2D eigenvalue weighted by atomic mass is 10.2. The van der Waals surface area contributed by atoms with Gasteiger partial charge >= 0.3 is 6.09 Å². The van der Waals surface area contributed by atoms with Gasteiger partial charge in [-0.25, -0.2) is 17.9 Å². The van der Waals surface area contributed by atoms with E-state index in [0.717, 1.165) is 11.3 Å². The van der Waals surface area contributed by atoms with Crippen molar-refractivity contribution in [2.75, 3.05) is 12.5 Å². The number of hydrogen-bond donors (Lipinski definition) is 1. The Morgan fingerprint density at radius 2 is 1.96 bits per heavy atom. The lowest BCUT2D eigenvalue weighted by Crippen LogP contribution is -2.36. The summed E-state index contributed by atoms with van der Waals surface area (Å²) in [6.07, 6.45) is -1.04. The van der Waals surface area contributed by atoms with Crippen LogP contribution < -0.4 is 9.46 Å². The molecule has 0 fully saturated rings. The van der Waals surface area contributed by atoms with E-state index in [-0.39, 0.29) is 4.21 Å². The monoisotopic (exact) mass is 439 g/mol. The molecular weight excluding hydrogens is 421 g/mol. The third-order valence-electron chi connectivity index (χ3n) is 3.13. The first-order valence-electron chi connectivity index (χ1n) is 7.62. The minimum Gasteiger partial charge on any atom is -0.492 e. The Bertz CT molecular complexity index is 932. The molecule has 2 rings (SSSR count). The quantitative estimate of drug-likeness (QED) is 0.682. The van der Waals surface area contributed by atoms with Gasteiger partial charge in [0.1, 0.15) is 22.2 Å². The molecule has 2 aromatic rings. The van der Waals surface area contributed by atoms with Crippen molar-refractivity contribution >= 4 is 60.7 Å². The van der Waals surface area contributed by atoms with E-state index in [0.29, 0.717) is 38.9 Å². The van der Waals surface area contributed by atoms with Crippen LogP contribution in [0.5, 0.6) is 5.75 Å². The predicted octanol–water partition coefficient (Wildman–Crippen LogP) is 4.69. The summed E-state index contributed by atoms with van der Waals surface area (Å²) in [5.74, 6) is 0.811. The molecule has 0 radical (unpaired) electrons. The highest BCUT2D eigenvalue weighted by atomic mass is 35.5. The van der Waals surface area contributed by atoms with Crippen LogP contribution in [0, 0.1) is 6.92 Å². The molecule has 1 heterocycles. The molecule has 144 valence electrons. The SMILES string of the molecule is Cc1c(S(=O)(=O)NC(=O)OC(C)(C)C)sc2c(Cl)cc(OCCCl)cc12. The first-order valence-corrected chi connectivity index (χ1v) is 10.8. The van der Waals surface area contributed by atoms with Crippen LogP contribution in [0.2, 0.25) is 5.02 Å². The lowest BCUT2D eigenvalue weighted by molar-refractivity contribution is 0.0570. The number of nitrogens with one attached hydrogen (secondary N) is 1. The third kappa shape index (κ3) is 4.94. The molecule has 1 aromatic carbocycles. The maximum atomic E-state index is 12.6. The van der Waals surface area contributed by atoms with Gasteiger partial charge < -0.3 is 9.47 Å². The van der Waals surface area contributed by atoms with Gasteiger partial charge in [-0.15, -0.1) is 22.9 Å². The molecule has 0 aliphatic carbocycles. The van der Waals surface area contributed by atoms with Gasteiger partial charge in [0.25, 0.3) is 10.0 Å². The number of amides is 1. The molecule has 1 aromatic heterocycles. The fraction of sp³-hybridized carbons (Fsp3) is 0.438. The van der Waals surface area contributed by atoms with E-state index < -0.39 is 21.7 Å². The van der Waals surface area contributed by atoms with E-state index in [9.17, 15) is 13.2 Å². The second-order valence-electron chi connectivity index (χ2n) is 6.44. The van der Waals surface area contributed by atoms with Crippen molar-refractivity contribution in [3.63, 3.8) is 0 Å². The smallest absolute Gasteiger partial charge is 0.421 e. The number of sulfonamides is 1. The Kier molecular flexibility index (Phi) is 6.32. The summed E-state index contributed by atoms with van der Waals surface area (Å²) in [4.78, 5) is 11.8.